The Morgan fingerprint density at radius 3 is 2.96 bits per heavy atom. The van der Waals surface area contributed by atoms with E-state index in [9.17, 15) is 0 Å². The number of rotatable bonds is 2. The number of anilines is 1. The van der Waals surface area contributed by atoms with Crippen LogP contribution in [-0.2, 0) is 22.3 Å². The van der Waals surface area contributed by atoms with Crippen LogP contribution in [0.1, 0.15) is 29.7 Å². The van der Waals surface area contributed by atoms with Crippen LogP contribution in [0, 0.1) is 0 Å². The van der Waals surface area contributed by atoms with E-state index in [0.717, 1.165) is 61.2 Å². The van der Waals surface area contributed by atoms with Crippen LogP contribution in [0.2, 0.25) is 0 Å². The highest BCUT2D eigenvalue weighted by Crippen LogP contribution is 2.42. The molecule has 0 saturated carbocycles. The molecule has 1 unspecified atom stereocenters. The quantitative estimate of drug-likeness (QED) is 0.627. The van der Waals surface area contributed by atoms with E-state index in [0.29, 0.717) is 6.61 Å². The molecule has 1 spiro atoms. The van der Waals surface area contributed by atoms with Crippen molar-refractivity contribution in [2.45, 2.75) is 37.7 Å². The second kappa shape index (κ2) is 6.76. The lowest BCUT2D eigenvalue weighted by Gasteiger charge is -2.40. The van der Waals surface area contributed by atoms with Crippen molar-refractivity contribution in [2.24, 2.45) is 0 Å². The van der Waals surface area contributed by atoms with Crippen molar-refractivity contribution >= 4 is 38.7 Å². The molecule has 0 bridgehead atoms. The largest absolute Gasteiger partial charge is 0.378 e. The number of fused-ring (bicyclic) bond motifs is 3. The Bertz CT molecular complexity index is 1010. The Morgan fingerprint density at radius 2 is 2.11 bits per heavy atom. The minimum Gasteiger partial charge on any atom is -0.378 e. The van der Waals surface area contributed by atoms with Crippen LogP contribution in [0.4, 0.5) is 5.82 Å². The minimum absolute atomic E-state index is 0.172. The van der Waals surface area contributed by atoms with Gasteiger partial charge in [0.2, 0.25) is 0 Å². The van der Waals surface area contributed by atoms with Gasteiger partial charge in [0.15, 0.2) is 5.82 Å². The van der Waals surface area contributed by atoms with Crippen LogP contribution in [0.25, 0.3) is 21.6 Å². The van der Waals surface area contributed by atoms with Gasteiger partial charge in [-0.25, -0.2) is 9.97 Å². The van der Waals surface area contributed by atoms with Crippen molar-refractivity contribution in [3.05, 3.63) is 27.3 Å². The van der Waals surface area contributed by atoms with Gasteiger partial charge >= 0.3 is 0 Å². The molecule has 5 nitrogen and oxygen atoms in total. The molecule has 2 saturated heterocycles. The van der Waals surface area contributed by atoms with E-state index in [1.807, 2.05) is 11.3 Å². The summed E-state index contributed by atoms with van der Waals surface area (Å²) < 4.78 is 11.9. The molecule has 1 atom stereocenters. The molecule has 5 heterocycles. The van der Waals surface area contributed by atoms with Crippen LogP contribution in [0.5, 0.6) is 0 Å². The van der Waals surface area contributed by atoms with Crippen LogP contribution in [-0.4, -0.2) is 48.5 Å². The standard InChI is InChI=1S/C21H23N3O2S2/c1-2-4-16-15(3-1)17-19(24-7-9-26-21(12-24)6-8-25-13-21)22-18(23-20(17)28-16)14-5-10-27-11-14/h5,10-11H,1-4,6-9,12-13H2. The summed E-state index contributed by atoms with van der Waals surface area (Å²) >= 11 is 3.58. The summed E-state index contributed by atoms with van der Waals surface area (Å²) in [7, 11) is 0. The van der Waals surface area contributed by atoms with Gasteiger partial charge in [-0.05, 0) is 42.7 Å². The van der Waals surface area contributed by atoms with Gasteiger partial charge < -0.3 is 14.4 Å². The number of aromatic nitrogens is 2. The number of morpholine rings is 1. The van der Waals surface area contributed by atoms with E-state index in [1.54, 1.807) is 11.3 Å². The Hall–Kier alpha value is -1.54. The summed E-state index contributed by atoms with van der Waals surface area (Å²) in [5.41, 5.74) is 2.45. The zero-order valence-electron chi connectivity index (χ0n) is 15.8. The lowest BCUT2D eigenvalue weighted by Crippen LogP contribution is -2.52. The van der Waals surface area contributed by atoms with Crippen LogP contribution in [0.15, 0.2) is 16.8 Å². The molecule has 1 aliphatic carbocycles. The number of thiophene rings is 2. The Labute approximate surface area is 172 Å². The zero-order chi connectivity index (χ0) is 18.6. The molecule has 28 heavy (non-hydrogen) atoms. The molecule has 3 aromatic heterocycles. The van der Waals surface area contributed by atoms with Gasteiger partial charge in [0.25, 0.3) is 0 Å². The molecule has 0 radical (unpaired) electrons. The van der Waals surface area contributed by atoms with Gasteiger partial charge in [-0.3, -0.25) is 0 Å². The summed E-state index contributed by atoms with van der Waals surface area (Å²) in [5, 5.41) is 5.54. The average molecular weight is 414 g/mol. The zero-order valence-corrected chi connectivity index (χ0v) is 17.4. The van der Waals surface area contributed by atoms with Crippen molar-refractivity contribution < 1.29 is 9.47 Å². The number of aryl methyl sites for hydroxylation is 2. The second-order valence-electron chi connectivity index (χ2n) is 8.03. The predicted octanol–water partition coefficient (Wildman–Crippen LogP) is 4.29. The highest BCUT2D eigenvalue weighted by molar-refractivity contribution is 7.19. The third-order valence-electron chi connectivity index (χ3n) is 6.19. The molecule has 7 heteroatoms. The SMILES string of the molecule is c1cc(-c2nc(N3CCOC4(CCOC4)C3)c3c4c(sc3n2)CCCC4)cs1. The summed E-state index contributed by atoms with van der Waals surface area (Å²) in [4.78, 5) is 15.3. The molecule has 146 valence electrons. The van der Waals surface area contributed by atoms with Crippen molar-refractivity contribution in [3.8, 4) is 11.4 Å². The Balaban J connectivity index is 1.52. The molecular formula is C21H23N3O2S2. The first-order valence-corrected chi connectivity index (χ1v) is 11.9. The maximum absolute atomic E-state index is 6.18. The van der Waals surface area contributed by atoms with Crippen molar-refractivity contribution in [2.75, 3.05) is 37.8 Å². The molecule has 0 amide bonds. The summed E-state index contributed by atoms with van der Waals surface area (Å²) in [6.07, 6.45) is 5.87. The van der Waals surface area contributed by atoms with E-state index >= 15 is 0 Å². The molecule has 0 aromatic carbocycles. The topological polar surface area (TPSA) is 47.5 Å². The molecule has 2 aliphatic heterocycles. The third-order valence-corrected chi connectivity index (χ3v) is 8.06. The summed E-state index contributed by atoms with van der Waals surface area (Å²) in [6.45, 7) is 3.95. The molecule has 2 fully saturated rings. The number of hydrogen-bond acceptors (Lipinski definition) is 7. The normalized spacial score (nSPS) is 24.9. The van der Waals surface area contributed by atoms with Gasteiger partial charge in [-0.1, -0.05) is 0 Å². The smallest absolute Gasteiger partial charge is 0.163 e. The monoisotopic (exact) mass is 413 g/mol. The van der Waals surface area contributed by atoms with E-state index < -0.39 is 0 Å². The Morgan fingerprint density at radius 1 is 1.14 bits per heavy atom. The fourth-order valence-electron chi connectivity index (χ4n) is 4.74. The van der Waals surface area contributed by atoms with Gasteiger partial charge in [-0.2, -0.15) is 11.3 Å². The van der Waals surface area contributed by atoms with Crippen LogP contribution in [0.3, 0.4) is 0 Å². The third kappa shape index (κ3) is 2.79. The number of ether oxygens (including phenoxy) is 2. The fourth-order valence-corrected chi connectivity index (χ4v) is 6.63. The van der Waals surface area contributed by atoms with E-state index in [2.05, 4.69) is 21.7 Å². The maximum Gasteiger partial charge on any atom is 0.163 e. The van der Waals surface area contributed by atoms with Crippen LogP contribution < -0.4 is 4.90 Å². The predicted molar refractivity (Wildman–Crippen MR) is 114 cm³/mol. The lowest BCUT2D eigenvalue weighted by atomic mass is 9.96. The van der Waals surface area contributed by atoms with Crippen molar-refractivity contribution in [3.63, 3.8) is 0 Å². The first-order chi connectivity index (χ1) is 13.8. The van der Waals surface area contributed by atoms with Crippen molar-refractivity contribution in [1.82, 2.24) is 9.97 Å². The minimum atomic E-state index is -0.172. The number of nitrogens with zero attached hydrogens (tertiary/aromatic N) is 3. The Kier molecular flexibility index (Phi) is 4.19. The second-order valence-corrected chi connectivity index (χ2v) is 9.89. The van der Waals surface area contributed by atoms with Gasteiger partial charge in [0.1, 0.15) is 16.2 Å². The molecule has 0 N–H and O–H groups in total. The maximum atomic E-state index is 6.18. The first kappa shape index (κ1) is 17.3. The molecule has 6 rings (SSSR count). The van der Waals surface area contributed by atoms with E-state index in [1.165, 1.54) is 35.1 Å². The van der Waals surface area contributed by atoms with Crippen LogP contribution >= 0.6 is 22.7 Å². The van der Waals surface area contributed by atoms with Crippen molar-refractivity contribution in [1.29, 1.82) is 0 Å². The molecular weight excluding hydrogens is 390 g/mol. The van der Waals surface area contributed by atoms with E-state index in [-0.39, 0.29) is 5.60 Å². The highest BCUT2D eigenvalue weighted by atomic mass is 32.1. The lowest BCUT2D eigenvalue weighted by molar-refractivity contribution is -0.0580. The summed E-state index contributed by atoms with van der Waals surface area (Å²) in [5.74, 6) is 1.96. The van der Waals surface area contributed by atoms with Gasteiger partial charge in [0.05, 0.1) is 25.1 Å². The van der Waals surface area contributed by atoms with Gasteiger partial charge in [-0.15, -0.1) is 11.3 Å². The van der Waals surface area contributed by atoms with E-state index in [4.69, 9.17) is 19.4 Å². The highest BCUT2D eigenvalue weighted by Gasteiger charge is 2.41. The van der Waals surface area contributed by atoms with Gasteiger partial charge in [0, 0.05) is 35.4 Å². The average Bonchev–Trinajstić information content (AvgIpc) is 3.47. The first-order valence-electron chi connectivity index (χ1n) is 10.1. The summed E-state index contributed by atoms with van der Waals surface area (Å²) in [6, 6.07) is 2.12. The molecule has 3 aromatic rings. The fraction of sp³-hybridized carbons (Fsp3) is 0.524. The number of hydrogen-bond donors (Lipinski definition) is 0. The molecule has 3 aliphatic rings.